The second-order valence-electron chi connectivity index (χ2n) is 7.28. The Morgan fingerprint density at radius 1 is 0.885 bits per heavy atom. The lowest BCUT2D eigenvalue weighted by molar-refractivity contribution is -0.606. The summed E-state index contributed by atoms with van der Waals surface area (Å²) in [7, 11) is 0. The molecule has 4 nitrogen and oxygen atoms in total. The van der Waals surface area contributed by atoms with Crippen LogP contribution in [0.3, 0.4) is 0 Å². The Hall–Kier alpha value is -3.01. The Bertz CT molecular complexity index is 913. The number of nitrogens with zero attached hydrogens (tertiary/aromatic N) is 2. The predicted molar refractivity (Wildman–Crippen MR) is 99.5 cm³/mol. The summed E-state index contributed by atoms with van der Waals surface area (Å²) in [5.74, 6) is 1.39. The second kappa shape index (κ2) is 5.77. The van der Waals surface area contributed by atoms with E-state index in [0.29, 0.717) is 29.0 Å². The van der Waals surface area contributed by atoms with Crippen LogP contribution in [-0.4, -0.2) is 9.94 Å². The molecule has 4 heteroatoms. The van der Waals surface area contributed by atoms with Crippen LogP contribution in [0.25, 0.3) is 22.5 Å². The zero-order chi connectivity index (χ0) is 17.7. The monoisotopic (exact) mass is 344 g/mol. The summed E-state index contributed by atoms with van der Waals surface area (Å²) in [5.41, 5.74) is 2.73. The maximum atomic E-state index is 13.4. The smallest absolute Gasteiger partial charge is 0.304 e. The van der Waals surface area contributed by atoms with Gasteiger partial charge in [0.2, 0.25) is 5.69 Å². The molecular formula is C22H20N2O2. The van der Waals surface area contributed by atoms with Crippen molar-refractivity contribution < 1.29 is 9.94 Å². The largest absolute Gasteiger partial charge is 0.710 e. The molecule has 0 radical (unpaired) electrons. The molecule has 0 spiro atoms. The van der Waals surface area contributed by atoms with E-state index in [1.165, 1.54) is 0 Å². The first-order valence-corrected chi connectivity index (χ1v) is 9.10. The van der Waals surface area contributed by atoms with Crippen molar-refractivity contribution in [2.45, 2.75) is 18.8 Å². The predicted octanol–water partition coefficient (Wildman–Crippen LogP) is 4.37. The van der Waals surface area contributed by atoms with Gasteiger partial charge in [-0.15, -0.1) is 0 Å². The maximum Gasteiger partial charge on any atom is 0.304 e. The standard InChI is InChI=1S/C22H20N2O2/c25-23-20(16-7-3-1-4-8-16)21(17-9-5-2-6-10-17)24(26)22(23)19-14-15-11-12-18(19)13-15/h1-12,15,18-19,25H,13-14H2/t15-,18-,19+/m0/s1. The molecule has 1 fully saturated rings. The minimum Gasteiger partial charge on any atom is -0.710 e. The van der Waals surface area contributed by atoms with Crippen LogP contribution in [0.2, 0.25) is 0 Å². The fraction of sp³-hybridized carbons (Fsp3) is 0.227. The lowest BCUT2D eigenvalue weighted by Gasteiger charge is -2.16. The van der Waals surface area contributed by atoms with Gasteiger partial charge in [0.25, 0.3) is 0 Å². The number of aromatic nitrogens is 2. The molecule has 26 heavy (non-hydrogen) atoms. The molecule has 5 rings (SSSR count). The topological polar surface area (TPSA) is 52.1 Å². The lowest BCUT2D eigenvalue weighted by Crippen LogP contribution is -2.35. The number of imidazole rings is 1. The van der Waals surface area contributed by atoms with Crippen LogP contribution < -0.4 is 4.73 Å². The van der Waals surface area contributed by atoms with Crippen LogP contribution >= 0.6 is 0 Å². The Labute approximate surface area is 152 Å². The second-order valence-corrected chi connectivity index (χ2v) is 7.28. The lowest BCUT2D eigenvalue weighted by atomic mass is 9.93. The minimum absolute atomic E-state index is 0.0624. The first-order valence-electron chi connectivity index (χ1n) is 9.10. The fourth-order valence-electron chi connectivity index (χ4n) is 4.60. The Morgan fingerprint density at radius 3 is 2.12 bits per heavy atom. The molecule has 1 saturated carbocycles. The van der Waals surface area contributed by atoms with Gasteiger partial charge >= 0.3 is 5.82 Å². The number of fused-ring (bicyclic) bond motifs is 2. The van der Waals surface area contributed by atoms with E-state index in [9.17, 15) is 10.4 Å². The molecule has 1 aromatic heterocycles. The van der Waals surface area contributed by atoms with Crippen LogP contribution in [-0.2, 0) is 0 Å². The Kier molecular flexibility index (Phi) is 3.38. The summed E-state index contributed by atoms with van der Waals surface area (Å²) < 4.78 is 2.10. The van der Waals surface area contributed by atoms with E-state index in [4.69, 9.17) is 0 Å². The molecule has 0 unspecified atom stereocenters. The first kappa shape index (κ1) is 15.3. The van der Waals surface area contributed by atoms with Gasteiger partial charge in [0.15, 0.2) is 5.69 Å². The van der Waals surface area contributed by atoms with Crippen LogP contribution in [0.4, 0.5) is 0 Å². The molecule has 3 aromatic rings. The summed E-state index contributed by atoms with van der Waals surface area (Å²) in [4.78, 5) is 0. The average molecular weight is 344 g/mol. The highest BCUT2D eigenvalue weighted by molar-refractivity contribution is 5.76. The number of rotatable bonds is 3. The molecule has 1 heterocycles. The molecule has 3 atom stereocenters. The minimum atomic E-state index is 0.0624. The molecule has 2 aliphatic rings. The summed E-state index contributed by atoms with van der Waals surface area (Å²) in [6, 6.07) is 19.2. The van der Waals surface area contributed by atoms with Crippen molar-refractivity contribution in [2.75, 3.05) is 0 Å². The van der Waals surface area contributed by atoms with Gasteiger partial charge in [-0.1, -0.05) is 72.8 Å². The van der Waals surface area contributed by atoms with Crippen LogP contribution in [0, 0.1) is 17.0 Å². The zero-order valence-corrected chi connectivity index (χ0v) is 14.3. The van der Waals surface area contributed by atoms with Crippen molar-refractivity contribution in [3.8, 4) is 22.5 Å². The third-order valence-electron chi connectivity index (χ3n) is 5.77. The molecule has 1 N–H and O–H groups in total. The quantitative estimate of drug-likeness (QED) is 0.332. The third kappa shape index (κ3) is 2.18. The highest BCUT2D eigenvalue weighted by atomic mass is 16.5. The molecule has 0 amide bonds. The van der Waals surface area contributed by atoms with Crippen molar-refractivity contribution in [3.05, 3.63) is 83.8 Å². The molecule has 2 aliphatic carbocycles. The van der Waals surface area contributed by atoms with Gasteiger partial charge in [-0.05, 0) is 29.4 Å². The van der Waals surface area contributed by atoms with E-state index in [1.54, 1.807) is 0 Å². The van der Waals surface area contributed by atoms with Crippen LogP contribution in [0.1, 0.15) is 24.6 Å². The molecule has 2 aromatic carbocycles. The van der Waals surface area contributed by atoms with E-state index in [2.05, 4.69) is 12.2 Å². The summed E-state index contributed by atoms with van der Waals surface area (Å²) >= 11 is 0. The summed E-state index contributed by atoms with van der Waals surface area (Å²) in [6.45, 7) is 0. The number of benzene rings is 2. The van der Waals surface area contributed by atoms with Gasteiger partial charge in [0.1, 0.15) is 0 Å². The highest BCUT2D eigenvalue weighted by Gasteiger charge is 2.45. The Morgan fingerprint density at radius 2 is 1.54 bits per heavy atom. The molecule has 2 bridgehead atoms. The van der Waals surface area contributed by atoms with Crippen molar-refractivity contribution in [2.24, 2.45) is 11.8 Å². The van der Waals surface area contributed by atoms with Gasteiger partial charge in [-0.2, -0.15) is 0 Å². The van der Waals surface area contributed by atoms with Gasteiger partial charge in [0.05, 0.1) is 5.92 Å². The van der Waals surface area contributed by atoms with Gasteiger partial charge in [-0.25, -0.2) is 4.73 Å². The number of hydrogen-bond acceptors (Lipinski definition) is 2. The van der Waals surface area contributed by atoms with E-state index >= 15 is 0 Å². The maximum absolute atomic E-state index is 13.4. The van der Waals surface area contributed by atoms with E-state index in [-0.39, 0.29) is 5.92 Å². The molecule has 0 aliphatic heterocycles. The number of allylic oxidation sites excluding steroid dienone is 2. The van der Waals surface area contributed by atoms with Crippen molar-refractivity contribution in [1.29, 1.82) is 0 Å². The Balaban J connectivity index is 1.75. The van der Waals surface area contributed by atoms with Gasteiger partial charge < -0.3 is 10.4 Å². The van der Waals surface area contributed by atoms with Crippen LogP contribution in [0.5, 0.6) is 0 Å². The normalized spacial score (nSPS) is 23.6. The van der Waals surface area contributed by atoms with Crippen molar-refractivity contribution >= 4 is 0 Å². The van der Waals surface area contributed by atoms with Gasteiger partial charge in [0, 0.05) is 11.1 Å². The number of hydrogen-bond donors (Lipinski definition) is 1. The highest BCUT2D eigenvalue weighted by Crippen LogP contribution is 2.49. The summed E-state index contributed by atoms with van der Waals surface area (Å²) in [5, 5.41) is 24.4. The third-order valence-corrected chi connectivity index (χ3v) is 5.77. The zero-order valence-electron chi connectivity index (χ0n) is 14.3. The molecule has 0 saturated heterocycles. The first-order chi connectivity index (χ1) is 12.7. The van der Waals surface area contributed by atoms with Crippen molar-refractivity contribution in [1.82, 2.24) is 4.73 Å². The fourth-order valence-corrected chi connectivity index (χ4v) is 4.60. The SMILES string of the molecule is [O-][n+]1c(-c2ccccc2)c(-c2ccccc2)n(O)c1[C@@H]1C[C@H]2C=C[C@H]1C2. The summed E-state index contributed by atoms with van der Waals surface area (Å²) in [6.07, 6.45) is 6.46. The van der Waals surface area contributed by atoms with E-state index < -0.39 is 0 Å². The molecule has 130 valence electrons. The van der Waals surface area contributed by atoms with E-state index in [1.807, 2.05) is 60.7 Å². The average Bonchev–Trinajstić information content (AvgIpc) is 3.36. The van der Waals surface area contributed by atoms with Crippen molar-refractivity contribution in [3.63, 3.8) is 0 Å². The molecular weight excluding hydrogens is 324 g/mol. The van der Waals surface area contributed by atoms with E-state index in [0.717, 1.165) is 33.4 Å². The van der Waals surface area contributed by atoms with Gasteiger partial charge in [-0.3, -0.25) is 0 Å². The van der Waals surface area contributed by atoms with Crippen LogP contribution in [0.15, 0.2) is 72.8 Å².